The molecule has 1 rings (SSSR count). The normalized spacial score (nSPS) is 22.9. The summed E-state index contributed by atoms with van der Waals surface area (Å²) in [4.78, 5) is 2.68. The fraction of sp³-hybridized carbons (Fsp3) is 1.00. The van der Waals surface area contributed by atoms with Crippen LogP contribution in [0.3, 0.4) is 0 Å². The van der Waals surface area contributed by atoms with Gasteiger partial charge in [-0.1, -0.05) is 20.8 Å². The van der Waals surface area contributed by atoms with E-state index >= 15 is 0 Å². The van der Waals surface area contributed by atoms with Gasteiger partial charge in [-0.25, -0.2) is 0 Å². The van der Waals surface area contributed by atoms with E-state index in [4.69, 9.17) is 0 Å². The molecule has 1 aliphatic rings. The molecule has 0 spiro atoms. The smallest absolute Gasteiger partial charge is 0.0116 e. The van der Waals surface area contributed by atoms with Crippen LogP contribution in [0.15, 0.2) is 0 Å². The van der Waals surface area contributed by atoms with Crippen LogP contribution in [0.5, 0.6) is 0 Å². The number of piperidine rings is 1. The van der Waals surface area contributed by atoms with Crippen LogP contribution in [0.1, 0.15) is 40.0 Å². The molecule has 0 saturated carbocycles. The largest absolute Gasteiger partial charge is 0.317 e. The molecule has 1 saturated heterocycles. The Bertz CT molecular complexity index is 148. The lowest BCUT2D eigenvalue weighted by Crippen LogP contribution is -2.47. The van der Waals surface area contributed by atoms with Crippen molar-refractivity contribution in [1.82, 2.24) is 10.2 Å². The zero-order chi connectivity index (χ0) is 10.6. The van der Waals surface area contributed by atoms with Gasteiger partial charge in [0, 0.05) is 12.1 Å². The van der Waals surface area contributed by atoms with E-state index in [1.165, 1.54) is 32.4 Å². The first-order valence-corrected chi connectivity index (χ1v) is 6.10. The third kappa shape index (κ3) is 2.96. The average Bonchev–Trinajstić information content (AvgIpc) is 2.19. The molecule has 0 aromatic carbocycles. The monoisotopic (exact) mass is 198 g/mol. The SMILES string of the molecule is CCC(C(C)C)N1CCC(NC)CC1. The van der Waals surface area contributed by atoms with Crippen molar-refractivity contribution < 1.29 is 0 Å². The van der Waals surface area contributed by atoms with Gasteiger partial charge in [-0.15, -0.1) is 0 Å². The van der Waals surface area contributed by atoms with Crippen molar-refractivity contribution in [1.29, 1.82) is 0 Å². The van der Waals surface area contributed by atoms with Crippen LogP contribution < -0.4 is 5.32 Å². The van der Waals surface area contributed by atoms with Crippen molar-refractivity contribution in [2.45, 2.75) is 52.1 Å². The Morgan fingerprint density at radius 3 is 2.21 bits per heavy atom. The van der Waals surface area contributed by atoms with E-state index in [9.17, 15) is 0 Å². The van der Waals surface area contributed by atoms with Crippen LogP contribution in [0.25, 0.3) is 0 Å². The summed E-state index contributed by atoms with van der Waals surface area (Å²) >= 11 is 0. The van der Waals surface area contributed by atoms with Crippen molar-refractivity contribution in [3.8, 4) is 0 Å². The first-order chi connectivity index (χ1) is 6.69. The maximum absolute atomic E-state index is 3.38. The molecule has 1 N–H and O–H groups in total. The molecule has 0 radical (unpaired) electrons. The zero-order valence-electron chi connectivity index (χ0n) is 10.2. The summed E-state index contributed by atoms with van der Waals surface area (Å²) in [6.45, 7) is 9.57. The number of nitrogens with one attached hydrogen (secondary N) is 1. The molecule has 1 heterocycles. The average molecular weight is 198 g/mol. The van der Waals surface area contributed by atoms with Crippen molar-refractivity contribution in [3.05, 3.63) is 0 Å². The minimum Gasteiger partial charge on any atom is -0.317 e. The van der Waals surface area contributed by atoms with Crippen LogP contribution in [-0.2, 0) is 0 Å². The summed E-state index contributed by atoms with van der Waals surface area (Å²) < 4.78 is 0. The minimum atomic E-state index is 0.760. The lowest BCUT2D eigenvalue weighted by molar-refractivity contribution is 0.111. The predicted octanol–water partition coefficient (Wildman–Crippen LogP) is 2.10. The lowest BCUT2D eigenvalue weighted by Gasteiger charge is -2.39. The van der Waals surface area contributed by atoms with E-state index in [0.717, 1.165) is 18.0 Å². The van der Waals surface area contributed by atoms with Gasteiger partial charge in [-0.3, -0.25) is 0 Å². The van der Waals surface area contributed by atoms with Gasteiger partial charge in [0.1, 0.15) is 0 Å². The second-order valence-electron chi connectivity index (χ2n) is 4.82. The second kappa shape index (κ2) is 5.72. The van der Waals surface area contributed by atoms with Gasteiger partial charge in [-0.2, -0.15) is 0 Å². The van der Waals surface area contributed by atoms with Gasteiger partial charge in [0.25, 0.3) is 0 Å². The molecule has 1 aliphatic heterocycles. The van der Waals surface area contributed by atoms with Crippen LogP contribution >= 0.6 is 0 Å². The molecule has 0 aromatic heterocycles. The Morgan fingerprint density at radius 1 is 1.29 bits per heavy atom. The first-order valence-electron chi connectivity index (χ1n) is 6.10. The highest BCUT2D eigenvalue weighted by molar-refractivity contribution is 4.81. The van der Waals surface area contributed by atoms with E-state index in [2.05, 4.69) is 38.0 Å². The van der Waals surface area contributed by atoms with Crippen molar-refractivity contribution >= 4 is 0 Å². The maximum Gasteiger partial charge on any atom is 0.0116 e. The van der Waals surface area contributed by atoms with Gasteiger partial charge < -0.3 is 10.2 Å². The van der Waals surface area contributed by atoms with Crippen molar-refractivity contribution in [2.24, 2.45) is 5.92 Å². The van der Waals surface area contributed by atoms with Gasteiger partial charge >= 0.3 is 0 Å². The summed E-state index contributed by atoms with van der Waals surface area (Å²) in [5.41, 5.74) is 0. The zero-order valence-corrected chi connectivity index (χ0v) is 10.2. The topological polar surface area (TPSA) is 15.3 Å². The predicted molar refractivity (Wildman–Crippen MR) is 62.6 cm³/mol. The summed E-state index contributed by atoms with van der Waals surface area (Å²) in [5.74, 6) is 0.797. The quantitative estimate of drug-likeness (QED) is 0.744. The second-order valence-corrected chi connectivity index (χ2v) is 4.82. The van der Waals surface area contributed by atoms with Crippen LogP contribution in [0, 0.1) is 5.92 Å². The number of nitrogens with zero attached hydrogens (tertiary/aromatic N) is 1. The summed E-state index contributed by atoms with van der Waals surface area (Å²) in [7, 11) is 2.08. The van der Waals surface area contributed by atoms with Gasteiger partial charge in [0.15, 0.2) is 0 Å². The fourth-order valence-electron chi connectivity index (χ4n) is 2.67. The molecule has 0 amide bonds. The Labute approximate surface area is 89.1 Å². The highest BCUT2D eigenvalue weighted by Crippen LogP contribution is 2.19. The van der Waals surface area contributed by atoms with Crippen LogP contribution in [0.2, 0.25) is 0 Å². The Kier molecular flexibility index (Phi) is 4.90. The molecular weight excluding hydrogens is 172 g/mol. The molecule has 1 fully saturated rings. The van der Waals surface area contributed by atoms with Gasteiger partial charge in [0.2, 0.25) is 0 Å². The van der Waals surface area contributed by atoms with E-state index < -0.39 is 0 Å². The van der Waals surface area contributed by atoms with E-state index in [1.54, 1.807) is 0 Å². The summed E-state index contributed by atoms with van der Waals surface area (Å²) in [6.07, 6.45) is 3.93. The van der Waals surface area contributed by atoms with E-state index in [0.29, 0.717) is 0 Å². The molecule has 2 heteroatoms. The number of hydrogen-bond donors (Lipinski definition) is 1. The van der Waals surface area contributed by atoms with E-state index in [-0.39, 0.29) is 0 Å². The van der Waals surface area contributed by atoms with Crippen molar-refractivity contribution in [2.75, 3.05) is 20.1 Å². The lowest BCUT2D eigenvalue weighted by atomic mass is 9.96. The van der Waals surface area contributed by atoms with Crippen LogP contribution in [-0.4, -0.2) is 37.1 Å². The Morgan fingerprint density at radius 2 is 1.86 bits per heavy atom. The molecule has 14 heavy (non-hydrogen) atoms. The molecule has 2 nitrogen and oxygen atoms in total. The summed E-state index contributed by atoms with van der Waals surface area (Å²) in [5, 5.41) is 3.38. The molecule has 84 valence electrons. The molecule has 1 atom stereocenters. The van der Waals surface area contributed by atoms with Gasteiger partial charge in [0.05, 0.1) is 0 Å². The Hall–Kier alpha value is -0.0800. The molecule has 0 aliphatic carbocycles. The number of rotatable bonds is 4. The molecular formula is C12H26N2. The number of hydrogen-bond acceptors (Lipinski definition) is 2. The Balaban J connectivity index is 2.39. The molecule has 0 bridgehead atoms. The third-order valence-corrected chi connectivity index (χ3v) is 3.59. The minimum absolute atomic E-state index is 0.760. The van der Waals surface area contributed by atoms with Gasteiger partial charge in [-0.05, 0) is 45.3 Å². The standard InChI is InChI=1S/C12H26N2/c1-5-12(10(2)3)14-8-6-11(13-4)7-9-14/h10-13H,5-9H2,1-4H3. The fourth-order valence-corrected chi connectivity index (χ4v) is 2.67. The third-order valence-electron chi connectivity index (χ3n) is 3.59. The molecule has 0 aromatic rings. The van der Waals surface area contributed by atoms with E-state index in [1.807, 2.05) is 0 Å². The first kappa shape index (κ1) is 12.0. The van der Waals surface area contributed by atoms with Crippen LogP contribution in [0.4, 0.5) is 0 Å². The van der Waals surface area contributed by atoms with Crippen molar-refractivity contribution in [3.63, 3.8) is 0 Å². The maximum atomic E-state index is 3.38. The number of likely N-dealkylation sites (tertiary alicyclic amines) is 1. The highest BCUT2D eigenvalue weighted by atomic mass is 15.2. The summed E-state index contributed by atoms with van der Waals surface area (Å²) in [6, 6.07) is 1.56. The highest BCUT2D eigenvalue weighted by Gasteiger charge is 2.24. The molecule has 1 unspecified atom stereocenters.